The normalized spacial score (nSPS) is 9.59. The molecule has 1 aromatic rings. The Kier molecular flexibility index (Phi) is 4.84. The van der Waals surface area contributed by atoms with Crippen molar-refractivity contribution >= 4 is 17.6 Å². The van der Waals surface area contributed by atoms with Gasteiger partial charge in [0.1, 0.15) is 17.9 Å². The molecule has 1 rings (SSSR count). The summed E-state index contributed by atoms with van der Waals surface area (Å²) in [4.78, 5) is 11.8. The van der Waals surface area contributed by atoms with Gasteiger partial charge in [-0.05, 0) is 12.1 Å². The van der Waals surface area contributed by atoms with Crippen LogP contribution in [0.2, 0.25) is 5.02 Å². The maximum atomic E-state index is 11.8. The molecule has 0 radical (unpaired) electrons. The molecule has 1 aromatic carbocycles. The molecule has 0 bridgehead atoms. The van der Waals surface area contributed by atoms with Gasteiger partial charge < -0.3 is 14.2 Å². The smallest absolute Gasteiger partial charge is 0.346 e. The van der Waals surface area contributed by atoms with Crippen LogP contribution in [0.25, 0.3) is 0 Å². The van der Waals surface area contributed by atoms with Crippen LogP contribution in [0.1, 0.15) is 10.4 Å². The van der Waals surface area contributed by atoms with E-state index in [1.54, 1.807) is 12.1 Å². The van der Waals surface area contributed by atoms with E-state index >= 15 is 0 Å². The van der Waals surface area contributed by atoms with E-state index in [1.165, 1.54) is 20.3 Å². The molecule has 0 spiro atoms. The number of esters is 1. The van der Waals surface area contributed by atoms with Crippen molar-refractivity contribution in [1.82, 2.24) is 0 Å². The van der Waals surface area contributed by atoms with E-state index in [2.05, 4.69) is 6.58 Å². The number of halogens is 1. The molecule has 0 saturated heterocycles. The van der Waals surface area contributed by atoms with Crippen LogP contribution < -0.4 is 9.47 Å². The van der Waals surface area contributed by atoms with Gasteiger partial charge in [0.05, 0.1) is 19.2 Å². The van der Waals surface area contributed by atoms with E-state index < -0.39 is 5.97 Å². The molecule has 17 heavy (non-hydrogen) atoms. The highest BCUT2D eigenvalue weighted by Crippen LogP contribution is 2.35. The summed E-state index contributed by atoms with van der Waals surface area (Å²) < 4.78 is 15.1. The van der Waals surface area contributed by atoms with Crippen molar-refractivity contribution < 1.29 is 19.0 Å². The van der Waals surface area contributed by atoms with Gasteiger partial charge in [0.25, 0.3) is 0 Å². The van der Waals surface area contributed by atoms with Crippen LogP contribution >= 0.6 is 11.6 Å². The molecular weight excluding hydrogens is 244 g/mol. The second-order valence-corrected chi connectivity index (χ2v) is 3.45. The van der Waals surface area contributed by atoms with Gasteiger partial charge >= 0.3 is 5.97 Å². The molecule has 0 unspecified atom stereocenters. The third-order valence-electron chi connectivity index (χ3n) is 2.03. The molecule has 5 heteroatoms. The molecule has 92 valence electrons. The maximum absolute atomic E-state index is 11.8. The Bertz CT molecular complexity index is 429. The summed E-state index contributed by atoms with van der Waals surface area (Å²) in [5, 5.41) is 0.318. The van der Waals surface area contributed by atoms with E-state index in [4.69, 9.17) is 25.8 Å². The highest BCUT2D eigenvalue weighted by molar-refractivity contribution is 6.32. The van der Waals surface area contributed by atoms with E-state index in [-0.39, 0.29) is 17.9 Å². The highest BCUT2D eigenvalue weighted by Gasteiger charge is 2.22. The van der Waals surface area contributed by atoms with Crippen molar-refractivity contribution in [2.75, 3.05) is 20.8 Å². The van der Waals surface area contributed by atoms with Crippen LogP contribution in [0.4, 0.5) is 0 Å². The number of methoxy groups -OCH3 is 2. The topological polar surface area (TPSA) is 44.8 Å². The number of rotatable bonds is 5. The monoisotopic (exact) mass is 256 g/mol. The fraction of sp³-hybridized carbons (Fsp3) is 0.250. The maximum Gasteiger partial charge on any atom is 0.346 e. The summed E-state index contributed by atoms with van der Waals surface area (Å²) >= 11 is 5.93. The molecular formula is C12H13ClO4. The summed E-state index contributed by atoms with van der Waals surface area (Å²) in [6.07, 6.45) is 1.47. The Balaban J connectivity index is 3.21. The zero-order valence-electron chi connectivity index (χ0n) is 9.66. The molecule has 0 aromatic heterocycles. The minimum absolute atomic E-state index is 0.109. The van der Waals surface area contributed by atoms with Gasteiger partial charge in [-0.15, -0.1) is 0 Å². The van der Waals surface area contributed by atoms with E-state index in [0.717, 1.165) is 0 Å². The summed E-state index contributed by atoms with van der Waals surface area (Å²) in [6, 6.07) is 3.17. The molecule has 0 fully saturated rings. The summed E-state index contributed by atoms with van der Waals surface area (Å²) in [7, 11) is 2.87. The molecule has 0 heterocycles. The summed E-state index contributed by atoms with van der Waals surface area (Å²) in [5.74, 6) is 0.0153. The van der Waals surface area contributed by atoms with Crippen molar-refractivity contribution in [1.29, 1.82) is 0 Å². The highest BCUT2D eigenvalue weighted by atomic mass is 35.5. The second kappa shape index (κ2) is 6.15. The van der Waals surface area contributed by atoms with Gasteiger partial charge in [0.15, 0.2) is 5.75 Å². The Morgan fingerprint density at radius 2 is 2.12 bits per heavy atom. The van der Waals surface area contributed by atoms with Gasteiger partial charge in [0, 0.05) is 0 Å². The molecule has 0 saturated carbocycles. The van der Waals surface area contributed by atoms with Gasteiger partial charge in [0.2, 0.25) is 0 Å². The molecule has 0 aliphatic heterocycles. The quantitative estimate of drug-likeness (QED) is 0.600. The third kappa shape index (κ3) is 2.91. The first-order valence-electron chi connectivity index (χ1n) is 4.84. The van der Waals surface area contributed by atoms with Crippen LogP contribution in [-0.2, 0) is 4.74 Å². The van der Waals surface area contributed by atoms with Crippen LogP contribution in [0, 0.1) is 0 Å². The molecule has 0 amide bonds. The van der Waals surface area contributed by atoms with Crippen molar-refractivity contribution in [2.24, 2.45) is 0 Å². The summed E-state index contributed by atoms with van der Waals surface area (Å²) in [6.45, 7) is 3.57. The molecule has 0 atom stereocenters. The molecule has 4 nitrogen and oxygen atoms in total. The fourth-order valence-electron chi connectivity index (χ4n) is 1.31. The molecule has 0 N–H and O–H groups in total. The number of carbonyl (C=O) groups is 1. The van der Waals surface area contributed by atoms with Crippen molar-refractivity contribution in [2.45, 2.75) is 0 Å². The van der Waals surface area contributed by atoms with E-state index in [9.17, 15) is 4.79 Å². The van der Waals surface area contributed by atoms with Gasteiger partial charge in [-0.2, -0.15) is 0 Å². The third-order valence-corrected chi connectivity index (χ3v) is 2.33. The van der Waals surface area contributed by atoms with Crippen LogP contribution in [-0.4, -0.2) is 26.8 Å². The van der Waals surface area contributed by atoms with E-state index in [1.807, 2.05) is 0 Å². The Morgan fingerprint density at radius 3 is 2.65 bits per heavy atom. The van der Waals surface area contributed by atoms with Gasteiger partial charge in [-0.3, -0.25) is 0 Å². The number of hydrogen-bond donors (Lipinski definition) is 0. The number of hydrogen-bond acceptors (Lipinski definition) is 4. The fourth-order valence-corrected chi connectivity index (χ4v) is 1.54. The first-order chi connectivity index (χ1) is 8.15. The Hall–Kier alpha value is -1.68. The number of carbonyl (C=O) groups excluding carboxylic acids is 1. The first-order valence-corrected chi connectivity index (χ1v) is 5.22. The molecule has 0 aliphatic carbocycles. The SMILES string of the molecule is C=CCOC(=O)c1c(OC)ccc(Cl)c1OC. The predicted octanol–water partition coefficient (Wildman–Crippen LogP) is 2.70. The average molecular weight is 257 g/mol. The standard InChI is InChI=1S/C12H13ClO4/c1-4-7-17-12(14)10-9(15-2)6-5-8(13)11(10)16-3/h4-6H,1,7H2,2-3H3. The largest absolute Gasteiger partial charge is 0.496 e. The lowest BCUT2D eigenvalue weighted by Gasteiger charge is -2.13. The van der Waals surface area contributed by atoms with Crippen molar-refractivity contribution in [3.63, 3.8) is 0 Å². The Labute approximate surface area is 105 Å². The minimum atomic E-state index is -0.568. The average Bonchev–Trinajstić information content (AvgIpc) is 2.35. The summed E-state index contributed by atoms with van der Waals surface area (Å²) in [5.41, 5.74) is 0.171. The van der Waals surface area contributed by atoms with Gasteiger partial charge in [-0.1, -0.05) is 24.3 Å². The lowest BCUT2D eigenvalue weighted by Crippen LogP contribution is -2.09. The first kappa shape index (κ1) is 13.4. The second-order valence-electron chi connectivity index (χ2n) is 3.05. The zero-order valence-corrected chi connectivity index (χ0v) is 10.4. The predicted molar refractivity (Wildman–Crippen MR) is 65.0 cm³/mol. The van der Waals surface area contributed by atoms with Crippen molar-refractivity contribution in [3.8, 4) is 11.5 Å². The minimum Gasteiger partial charge on any atom is -0.496 e. The number of ether oxygens (including phenoxy) is 3. The zero-order chi connectivity index (χ0) is 12.8. The lowest BCUT2D eigenvalue weighted by molar-refractivity contribution is 0.0542. The molecule has 0 aliphatic rings. The van der Waals surface area contributed by atoms with Crippen LogP contribution in [0.15, 0.2) is 24.8 Å². The van der Waals surface area contributed by atoms with Crippen LogP contribution in [0.5, 0.6) is 11.5 Å². The van der Waals surface area contributed by atoms with Crippen LogP contribution in [0.3, 0.4) is 0 Å². The lowest BCUT2D eigenvalue weighted by atomic mass is 10.1. The van der Waals surface area contributed by atoms with Crippen molar-refractivity contribution in [3.05, 3.63) is 35.4 Å². The Morgan fingerprint density at radius 1 is 1.41 bits per heavy atom. The van der Waals surface area contributed by atoms with E-state index in [0.29, 0.717) is 10.8 Å². The number of benzene rings is 1. The van der Waals surface area contributed by atoms with Gasteiger partial charge in [-0.25, -0.2) is 4.79 Å².